The Labute approximate surface area is 125 Å². The maximum absolute atomic E-state index is 12.2. The van der Waals surface area contributed by atoms with Crippen LogP contribution in [0.4, 0.5) is 5.69 Å². The van der Waals surface area contributed by atoms with Gasteiger partial charge in [-0.25, -0.2) is 0 Å². The first-order chi connectivity index (χ1) is 10.4. The molecule has 1 heterocycles. The average molecular weight is 306 g/mol. The van der Waals surface area contributed by atoms with E-state index in [-0.39, 0.29) is 29.8 Å². The first-order valence-electron chi connectivity index (χ1n) is 6.79. The Kier molecular flexibility index (Phi) is 4.50. The fraction of sp³-hybridized carbons (Fsp3) is 0.357. The predicted molar refractivity (Wildman–Crippen MR) is 74.6 cm³/mol. The minimum absolute atomic E-state index is 0.0353. The van der Waals surface area contributed by atoms with E-state index in [1.165, 1.54) is 18.2 Å². The number of carboxylic acid groups (broad SMARTS) is 1. The fourth-order valence-electron chi connectivity index (χ4n) is 2.39. The van der Waals surface area contributed by atoms with Gasteiger partial charge < -0.3 is 5.11 Å². The second-order valence-electron chi connectivity index (χ2n) is 4.92. The molecule has 2 amide bonds. The van der Waals surface area contributed by atoms with E-state index < -0.39 is 22.7 Å². The highest BCUT2D eigenvalue weighted by atomic mass is 16.6. The Morgan fingerprint density at radius 3 is 2.55 bits per heavy atom. The van der Waals surface area contributed by atoms with Gasteiger partial charge in [0.1, 0.15) is 5.56 Å². The summed E-state index contributed by atoms with van der Waals surface area (Å²) >= 11 is 0. The predicted octanol–water partition coefficient (Wildman–Crippen LogP) is 1.84. The fourth-order valence-corrected chi connectivity index (χ4v) is 2.39. The highest BCUT2D eigenvalue weighted by Gasteiger charge is 2.40. The Balaban J connectivity index is 2.06. The maximum Gasteiger partial charge on any atom is 0.303 e. The zero-order chi connectivity index (χ0) is 16.3. The number of aliphatic carboxylic acids is 1. The van der Waals surface area contributed by atoms with Crippen molar-refractivity contribution in [1.29, 1.82) is 0 Å². The summed E-state index contributed by atoms with van der Waals surface area (Å²) in [7, 11) is 0. The van der Waals surface area contributed by atoms with Crippen LogP contribution in [0, 0.1) is 10.1 Å². The van der Waals surface area contributed by atoms with Crippen molar-refractivity contribution in [2.75, 3.05) is 6.54 Å². The summed E-state index contributed by atoms with van der Waals surface area (Å²) < 4.78 is 0. The molecule has 0 aromatic heterocycles. The van der Waals surface area contributed by atoms with E-state index in [1.54, 1.807) is 0 Å². The second-order valence-corrected chi connectivity index (χ2v) is 4.92. The molecule has 116 valence electrons. The number of fused-ring (bicyclic) bond motifs is 1. The highest BCUT2D eigenvalue weighted by Crippen LogP contribution is 2.30. The normalized spacial score (nSPS) is 13.4. The first-order valence-corrected chi connectivity index (χ1v) is 6.79. The van der Waals surface area contributed by atoms with Crippen molar-refractivity contribution in [3.05, 3.63) is 39.4 Å². The molecule has 0 saturated carbocycles. The van der Waals surface area contributed by atoms with Crippen LogP contribution in [0.5, 0.6) is 0 Å². The van der Waals surface area contributed by atoms with Crippen LogP contribution in [-0.2, 0) is 4.79 Å². The van der Waals surface area contributed by atoms with E-state index in [2.05, 4.69) is 0 Å². The molecule has 1 N–H and O–H groups in total. The van der Waals surface area contributed by atoms with Crippen molar-refractivity contribution in [3.63, 3.8) is 0 Å². The van der Waals surface area contributed by atoms with Gasteiger partial charge in [0.25, 0.3) is 17.5 Å². The lowest BCUT2D eigenvalue weighted by Crippen LogP contribution is -2.30. The quantitative estimate of drug-likeness (QED) is 0.355. The lowest BCUT2D eigenvalue weighted by atomic mass is 10.1. The van der Waals surface area contributed by atoms with Crippen molar-refractivity contribution in [3.8, 4) is 0 Å². The van der Waals surface area contributed by atoms with Crippen LogP contribution in [0.25, 0.3) is 0 Å². The Morgan fingerprint density at radius 1 is 1.18 bits per heavy atom. The largest absolute Gasteiger partial charge is 0.481 e. The number of carbonyl (C=O) groups is 3. The number of hydrogen-bond donors (Lipinski definition) is 1. The van der Waals surface area contributed by atoms with E-state index in [4.69, 9.17) is 5.11 Å². The van der Waals surface area contributed by atoms with Gasteiger partial charge in [-0.3, -0.25) is 29.4 Å². The van der Waals surface area contributed by atoms with Gasteiger partial charge in [0.2, 0.25) is 0 Å². The molecule has 0 bridgehead atoms. The number of carbonyl (C=O) groups excluding carboxylic acids is 2. The number of carboxylic acids is 1. The van der Waals surface area contributed by atoms with E-state index >= 15 is 0 Å². The van der Waals surface area contributed by atoms with E-state index in [0.717, 1.165) is 4.90 Å². The summed E-state index contributed by atoms with van der Waals surface area (Å²) in [6.45, 7) is 0.128. The third-order valence-corrected chi connectivity index (χ3v) is 3.45. The van der Waals surface area contributed by atoms with Gasteiger partial charge in [0.05, 0.1) is 10.5 Å². The van der Waals surface area contributed by atoms with Crippen molar-refractivity contribution in [2.45, 2.75) is 25.7 Å². The van der Waals surface area contributed by atoms with Crippen molar-refractivity contribution in [1.82, 2.24) is 4.90 Å². The van der Waals surface area contributed by atoms with Crippen LogP contribution in [0.15, 0.2) is 18.2 Å². The van der Waals surface area contributed by atoms with Crippen molar-refractivity contribution < 1.29 is 24.4 Å². The minimum atomic E-state index is -0.892. The smallest absolute Gasteiger partial charge is 0.303 e. The number of nitro benzene ring substituents is 1. The van der Waals surface area contributed by atoms with Crippen LogP contribution in [0.2, 0.25) is 0 Å². The second kappa shape index (κ2) is 6.33. The molecule has 0 saturated heterocycles. The number of nitrogens with zero attached hydrogens (tertiary/aromatic N) is 2. The lowest BCUT2D eigenvalue weighted by Gasteiger charge is -2.12. The van der Waals surface area contributed by atoms with Crippen LogP contribution in [0.3, 0.4) is 0 Å². The summed E-state index contributed by atoms with van der Waals surface area (Å²) in [5, 5.41) is 19.5. The molecule has 0 radical (unpaired) electrons. The summed E-state index contributed by atoms with van der Waals surface area (Å²) in [4.78, 5) is 46.0. The third kappa shape index (κ3) is 2.95. The Morgan fingerprint density at radius 2 is 1.91 bits per heavy atom. The molecule has 0 atom stereocenters. The summed E-state index contributed by atoms with van der Waals surface area (Å²) in [5.74, 6) is -2.09. The molecule has 8 heteroatoms. The monoisotopic (exact) mass is 306 g/mol. The Bertz CT molecular complexity index is 655. The zero-order valence-electron chi connectivity index (χ0n) is 11.7. The van der Waals surface area contributed by atoms with Gasteiger partial charge >= 0.3 is 5.97 Å². The zero-order valence-corrected chi connectivity index (χ0v) is 11.7. The van der Waals surface area contributed by atoms with Gasteiger partial charge in [0, 0.05) is 19.0 Å². The van der Waals surface area contributed by atoms with Crippen molar-refractivity contribution in [2.24, 2.45) is 0 Å². The summed E-state index contributed by atoms with van der Waals surface area (Å²) in [6.07, 6.45) is 1.51. The SMILES string of the molecule is O=C(O)CCCCCN1C(=O)c2cccc([N+](=O)[O-])c2C1=O. The number of nitro groups is 1. The molecule has 0 unspecified atom stereocenters. The molecule has 0 spiro atoms. The average Bonchev–Trinajstić information content (AvgIpc) is 2.71. The lowest BCUT2D eigenvalue weighted by molar-refractivity contribution is -0.385. The van der Waals surface area contributed by atoms with E-state index in [0.29, 0.717) is 19.3 Å². The molecule has 1 aromatic rings. The minimum Gasteiger partial charge on any atom is -0.481 e. The number of amides is 2. The molecule has 0 fully saturated rings. The van der Waals surface area contributed by atoms with Crippen LogP contribution in [0.1, 0.15) is 46.4 Å². The van der Waals surface area contributed by atoms with Crippen LogP contribution >= 0.6 is 0 Å². The number of benzene rings is 1. The van der Waals surface area contributed by atoms with Crippen LogP contribution in [-0.4, -0.2) is 39.3 Å². The number of rotatable bonds is 7. The standard InChI is InChI=1S/C14H14N2O6/c17-11(18)7-2-1-3-8-15-13(19)9-5-4-6-10(16(21)22)12(9)14(15)20/h4-6H,1-3,7-8H2,(H,17,18). The molecule has 8 nitrogen and oxygen atoms in total. The number of unbranched alkanes of at least 4 members (excludes halogenated alkanes) is 2. The molecule has 1 aliphatic heterocycles. The molecule has 22 heavy (non-hydrogen) atoms. The van der Waals surface area contributed by atoms with Crippen molar-refractivity contribution >= 4 is 23.5 Å². The summed E-state index contributed by atoms with van der Waals surface area (Å²) in [5.41, 5.74) is -0.489. The van der Waals surface area contributed by atoms with Gasteiger partial charge in [-0.15, -0.1) is 0 Å². The molecule has 2 rings (SSSR count). The van der Waals surface area contributed by atoms with Crippen LogP contribution < -0.4 is 0 Å². The molecular formula is C14H14N2O6. The summed E-state index contributed by atoms with van der Waals surface area (Å²) in [6, 6.07) is 3.96. The van der Waals surface area contributed by atoms with Gasteiger partial charge in [-0.1, -0.05) is 12.5 Å². The Hall–Kier alpha value is -2.77. The maximum atomic E-state index is 12.2. The number of hydrogen-bond acceptors (Lipinski definition) is 5. The molecule has 0 aliphatic carbocycles. The molecule has 1 aliphatic rings. The third-order valence-electron chi connectivity index (χ3n) is 3.45. The number of imide groups is 1. The highest BCUT2D eigenvalue weighted by molar-refractivity contribution is 6.23. The topological polar surface area (TPSA) is 118 Å². The first kappa shape index (κ1) is 15.6. The molecular weight excluding hydrogens is 292 g/mol. The van der Waals surface area contributed by atoms with E-state index in [1.807, 2.05) is 0 Å². The van der Waals surface area contributed by atoms with Gasteiger partial charge in [-0.05, 0) is 18.9 Å². The molecule has 1 aromatic carbocycles. The van der Waals surface area contributed by atoms with E-state index in [9.17, 15) is 24.5 Å². The van der Waals surface area contributed by atoms with Gasteiger partial charge in [-0.2, -0.15) is 0 Å². The van der Waals surface area contributed by atoms with Gasteiger partial charge in [0.15, 0.2) is 0 Å².